The van der Waals surface area contributed by atoms with E-state index in [2.05, 4.69) is 15.9 Å². The van der Waals surface area contributed by atoms with Gasteiger partial charge in [0, 0.05) is 44.8 Å². The van der Waals surface area contributed by atoms with Crippen molar-refractivity contribution in [3.05, 3.63) is 120 Å². The summed E-state index contributed by atoms with van der Waals surface area (Å²) in [6.45, 7) is 5.21. The van der Waals surface area contributed by atoms with Gasteiger partial charge in [-0.1, -0.05) is 54.6 Å². The number of aliphatic hydroxyl groups is 1. The summed E-state index contributed by atoms with van der Waals surface area (Å²) in [4.78, 5) is 19.3. The highest BCUT2D eigenvalue weighted by atomic mass is 19.1. The lowest BCUT2D eigenvalue weighted by Crippen LogP contribution is -2.53. The lowest BCUT2D eigenvalue weighted by molar-refractivity contribution is -0.0692. The van der Waals surface area contributed by atoms with Crippen molar-refractivity contribution >= 4 is 17.5 Å². The fraction of sp³-hybridized carbons (Fsp3) is 0.405. The first-order valence-electron chi connectivity index (χ1n) is 18.5. The van der Waals surface area contributed by atoms with Gasteiger partial charge in [-0.15, -0.1) is 0 Å². The van der Waals surface area contributed by atoms with Gasteiger partial charge in [0.15, 0.2) is 0 Å². The van der Waals surface area contributed by atoms with E-state index in [9.17, 15) is 14.3 Å². The molecular formula is C42H48FN3O7. The zero-order valence-electron chi connectivity index (χ0n) is 30.1. The van der Waals surface area contributed by atoms with Crippen molar-refractivity contribution in [3.63, 3.8) is 0 Å². The van der Waals surface area contributed by atoms with Crippen LogP contribution in [0.15, 0.2) is 97.1 Å². The molecule has 11 heteroatoms. The quantitative estimate of drug-likeness (QED) is 0.157. The molecule has 3 unspecified atom stereocenters. The van der Waals surface area contributed by atoms with Crippen LogP contribution >= 0.6 is 0 Å². The second-order valence-corrected chi connectivity index (χ2v) is 13.9. The number of methoxy groups -OCH3 is 1. The molecular weight excluding hydrogens is 677 g/mol. The number of piperidine rings is 1. The van der Waals surface area contributed by atoms with Gasteiger partial charge in [-0.2, -0.15) is 0 Å². The van der Waals surface area contributed by atoms with Gasteiger partial charge in [0.25, 0.3) is 0 Å². The molecule has 0 spiro atoms. The number of nitrogens with zero attached hydrogens (tertiary/aromatic N) is 3. The van der Waals surface area contributed by atoms with Crippen LogP contribution in [0.3, 0.4) is 0 Å². The molecule has 0 radical (unpaired) electrons. The number of carbonyl (C=O) groups is 1. The third-order valence-electron chi connectivity index (χ3n) is 10.2. The molecule has 1 N–H and O–H groups in total. The number of rotatable bonds is 13. The van der Waals surface area contributed by atoms with Crippen molar-refractivity contribution in [1.29, 1.82) is 0 Å². The zero-order chi connectivity index (χ0) is 36.6. The number of amides is 1. The first-order valence-corrected chi connectivity index (χ1v) is 18.5. The minimum Gasteiger partial charge on any atom is -0.490 e. The molecule has 4 aromatic carbocycles. The van der Waals surface area contributed by atoms with Crippen LogP contribution in [0, 0.1) is 5.82 Å². The highest BCUT2D eigenvalue weighted by Crippen LogP contribution is 2.36. The number of aliphatic hydroxyl groups excluding tert-OH is 1. The highest BCUT2D eigenvalue weighted by molar-refractivity contribution is 5.68. The van der Waals surface area contributed by atoms with E-state index in [1.54, 1.807) is 19.2 Å². The van der Waals surface area contributed by atoms with E-state index in [0.29, 0.717) is 19.8 Å². The third kappa shape index (κ3) is 9.22. The van der Waals surface area contributed by atoms with Crippen molar-refractivity contribution in [1.82, 2.24) is 4.90 Å². The van der Waals surface area contributed by atoms with Gasteiger partial charge < -0.3 is 43.5 Å². The van der Waals surface area contributed by atoms with E-state index in [0.717, 1.165) is 72.0 Å². The predicted octanol–water partition coefficient (Wildman–Crippen LogP) is 6.40. The van der Waals surface area contributed by atoms with Gasteiger partial charge >= 0.3 is 6.09 Å². The van der Waals surface area contributed by atoms with Crippen molar-refractivity contribution in [2.45, 2.75) is 50.3 Å². The maximum absolute atomic E-state index is 13.8. The summed E-state index contributed by atoms with van der Waals surface area (Å²) in [6, 6.07) is 30.0. The van der Waals surface area contributed by atoms with Crippen LogP contribution in [0.1, 0.15) is 35.4 Å². The van der Waals surface area contributed by atoms with E-state index in [1.165, 1.54) is 11.0 Å². The monoisotopic (exact) mass is 725 g/mol. The fourth-order valence-corrected chi connectivity index (χ4v) is 7.48. The molecule has 4 aromatic rings. The Hall–Kier alpha value is -4.84. The second kappa shape index (κ2) is 17.3. The average Bonchev–Trinajstić information content (AvgIpc) is 3.65. The normalized spacial score (nSPS) is 21.2. The van der Waals surface area contributed by atoms with Gasteiger partial charge in [0.1, 0.15) is 36.6 Å². The van der Waals surface area contributed by atoms with Crippen molar-refractivity contribution in [3.8, 4) is 11.5 Å². The Kier molecular flexibility index (Phi) is 11.9. The number of anilines is 2. The van der Waals surface area contributed by atoms with E-state index in [-0.39, 0.29) is 38.2 Å². The fourth-order valence-electron chi connectivity index (χ4n) is 7.48. The summed E-state index contributed by atoms with van der Waals surface area (Å²) >= 11 is 0. The maximum Gasteiger partial charge on any atom is 0.410 e. The van der Waals surface area contributed by atoms with Crippen LogP contribution in [0.2, 0.25) is 0 Å². The minimum atomic E-state index is -0.896. The van der Waals surface area contributed by atoms with E-state index in [4.69, 9.17) is 23.7 Å². The Morgan fingerprint density at radius 2 is 1.75 bits per heavy atom. The summed E-state index contributed by atoms with van der Waals surface area (Å²) in [5.41, 5.74) is 4.62. The number of likely N-dealkylation sites (tertiary alicyclic amines) is 1. The summed E-state index contributed by atoms with van der Waals surface area (Å²) in [6.07, 6.45) is -0.209. The molecule has 0 aromatic heterocycles. The lowest BCUT2D eigenvalue weighted by Gasteiger charge is -2.41. The second-order valence-electron chi connectivity index (χ2n) is 13.9. The van der Waals surface area contributed by atoms with E-state index >= 15 is 0 Å². The Morgan fingerprint density at radius 3 is 2.57 bits per heavy atom. The third-order valence-corrected chi connectivity index (χ3v) is 10.2. The highest BCUT2D eigenvalue weighted by Gasteiger charge is 2.40. The van der Waals surface area contributed by atoms with Crippen LogP contribution in [-0.2, 0) is 27.4 Å². The Balaban J connectivity index is 1.04. The predicted molar refractivity (Wildman–Crippen MR) is 200 cm³/mol. The Bertz CT molecular complexity index is 1800. The molecule has 7 rings (SSSR count). The Morgan fingerprint density at radius 1 is 0.906 bits per heavy atom. The first kappa shape index (κ1) is 36.5. The van der Waals surface area contributed by atoms with E-state index < -0.39 is 24.2 Å². The molecule has 1 amide bonds. The summed E-state index contributed by atoms with van der Waals surface area (Å²) in [5, 5.41) is 11.6. The van der Waals surface area contributed by atoms with Crippen LogP contribution in [-0.4, -0.2) is 94.0 Å². The molecule has 3 heterocycles. The molecule has 0 aliphatic carbocycles. The van der Waals surface area contributed by atoms with Crippen LogP contribution in [0.5, 0.6) is 11.5 Å². The summed E-state index contributed by atoms with van der Waals surface area (Å²) < 4.78 is 43.6. The molecule has 3 aliphatic heterocycles. The number of benzene rings is 4. The Labute approximate surface area is 310 Å². The molecule has 2 saturated heterocycles. The van der Waals surface area contributed by atoms with E-state index in [1.807, 2.05) is 72.8 Å². The number of β-amino-alcohol motifs (C(OH)–C–C–N with tert-alkyl or cyclic N) is 1. The topological polar surface area (TPSA) is 93.2 Å². The van der Waals surface area contributed by atoms with Crippen molar-refractivity contribution in [2.24, 2.45) is 0 Å². The molecule has 4 atom stereocenters. The number of halogens is 1. The lowest BCUT2D eigenvalue weighted by atomic mass is 9.84. The number of carbonyl (C=O) groups excluding carboxylic acids is 1. The van der Waals surface area contributed by atoms with Gasteiger partial charge in [-0.25, -0.2) is 9.18 Å². The van der Waals surface area contributed by atoms with Gasteiger partial charge in [-0.3, -0.25) is 0 Å². The smallest absolute Gasteiger partial charge is 0.410 e. The largest absolute Gasteiger partial charge is 0.490 e. The van der Waals surface area contributed by atoms with Crippen LogP contribution < -0.4 is 19.3 Å². The van der Waals surface area contributed by atoms with Gasteiger partial charge in [-0.05, 0) is 65.6 Å². The van der Waals surface area contributed by atoms with Gasteiger partial charge in [0.2, 0.25) is 0 Å². The molecule has 2 fully saturated rings. The minimum absolute atomic E-state index is 0.0335. The first-order chi connectivity index (χ1) is 25.9. The van der Waals surface area contributed by atoms with Crippen LogP contribution in [0.25, 0.3) is 0 Å². The maximum atomic E-state index is 13.8. The molecule has 0 bridgehead atoms. The number of ether oxygens (including phenoxy) is 5. The SMILES string of the molecule is COCCCN1CCOc2ccc(COC3CN(C(=O)OCc4ccccc4)C[C@H](O)C3c3ccc(OC4CCN(c5cccc(F)c5)C4)cc3)cc21. The summed E-state index contributed by atoms with van der Waals surface area (Å²) in [5.74, 6) is 0.917. The molecule has 10 nitrogen and oxygen atoms in total. The molecule has 53 heavy (non-hydrogen) atoms. The number of fused-ring (bicyclic) bond motifs is 1. The molecule has 3 aliphatic rings. The zero-order valence-corrected chi connectivity index (χ0v) is 30.1. The average molecular weight is 726 g/mol. The standard InChI is InChI=1S/C42H48FN3O7/c1-49-21-6-18-44-20-22-50-39-16-11-31(23-37(39)44)29-51-40-27-46(42(48)52-28-30-7-3-2-4-8-30)26-38(47)41(40)32-12-14-35(15-13-32)53-36-17-19-45(25-36)34-10-5-9-33(43)24-34/h2-5,7-16,23-24,36,38,40-41,47H,6,17-22,25-29H2,1H3/t36?,38-,40?,41?/m0/s1. The molecule has 0 saturated carbocycles. The van der Waals surface area contributed by atoms with Crippen LogP contribution in [0.4, 0.5) is 20.6 Å². The van der Waals surface area contributed by atoms with Gasteiger partial charge in [0.05, 0.1) is 50.7 Å². The number of hydrogen-bond donors (Lipinski definition) is 1. The van der Waals surface area contributed by atoms with Crippen molar-refractivity contribution < 1.29 is 38.0 Å². The molecule has 280 valence electrons. The summed E-state index contributed by atoms with van der Waals surface area (Å²) in [7, 11) is 1.71. The van der Waals surface area contributed by atoms with Crippen molar-refractivity contribution in [2.75, 3.05) is 69.4 Å². The number of hydrogen-bond acceptors (Lipinski definition) is 9.